The van der Waals surface area contributed by atoms with Gasteiger partial charge in [0.15, 0.2) is 0 Å². The van der Waals surface area contributed by atoms with E-state index < -0.39 is 10.0 Å². The number of nitrogens with one attached hydrogen (secondary N) is 1. The zero-order chi connectivity index (χ0) is 19.4. The summed E-state index contributed by atoms with van der Waals surface area (Å²) in [5.41, 5.74) is 1.22. The highest BCUT2D eigenvalue weighted by Gasteiger charge is 2.26. The standard InChI is InChI=1S/C19H22N2O5S/c1-14-3-7-17(27(23,24)21-9-11-25-12-10-21)13-18(14)20-19(22)8-6-16-5-4-15(2)26-16/h3-8,13H,9-12H2,1-2H3,(H,20,22)/b8-6+. The number of amides is 1. The summed E-state index contributed by atoms with van der Waals surface area (Å²) in [5.74, 6) is 0.961. The Morgan fingerprint density at radius 2 is 1.89 bits per heavy atom. The second-order valence-corrected chi connectivity index (χ2v) is 8.20. The molecule has 1 aromatic heterocycles. The second-order valence-electron chi connectivity index (χ2n) is 6.26. The number of carbonyl (C=O) groups excluding carboxylic acids is 1. The molecule has 1 fully saturated rings. The van der Waals surface area contributed by atoms with Crippen LogP contribution < -0.4 is 5.32 Å². The smallest absolute Gasteiger partial charge is 0.248 e. The van der Waals surface area contributed by atoms with Crippen molar-refractivity contribution in [3.8, 4) is 0 Å². The van der Waals surface area contributed by atoms with E-state index in [1.165, 1.54) is 16.4 Å². The first-order valence-corrected chi connectivity index (χ1v) is 10.0. The fraction of sp³-hybridized carbons (Fsp3) is 0.316. The maximum absolute atomic E-state index is 12.8. The number of hydrogen-bond acceptors (Lipinski definition) is 5. The van der Waals surface area contributed by atoms with E-state index in [1.807, 2.05) is 13.0 Å². The maximum Gasteiger partial charge on any atom is 0.248 e. The number of furan rings is 1. The van der Waals surface area contributed by atoms with Crippen molar-refractivity contribution in [2.75, 3.05) is 31.6 Å². The minimum Gasteiger partial charge on any atom is -0.462 e. The maximum atomic E-state index is 12.8. The topological polar surface area (TPSA) is 88.9 Å². The van der Waals surface area contributed by atoms with Gasteiger partial charge in [-0.25, -0.2) is 8.42 Å². The third kappa shape index (κ3) is 4.65. The van der Waals surface area contributed by atoms with E-state index in [0.717, 1.165) is 11.3 Å². The van der Waals surface area contributed by atoms with Crippen LogP contribution in [0.2, 0.25) is 0 Å². The van der Waals surface area contributed by atoms with E-state index in [4.69, 9.17) is 9.15 Å². The number of benzene rings is 1. The molecule has 1 aliphatic rings. The molecule has 1 amide bonds. The van der Waals surface area contributed by atoms with Gasteiger partial charge in [0.05, 0.1) is 18.1 Å². The second kappa shape index (κ2) is 8.08. The first kappa shape index (κ1) is 19.3. The summed E-state index contributed by atoms with van der Waals surface area (Å²) in [7, 11) is -3.62. The van der Waals surface area contributed by atoms with Crippen LogP contribution in [0, 0.1) is 13.8 Å². The minimum absolute atomic E-state index is 0.149. The minimum atomic E-state index is -3.62. The van der Waals surface area contributed by atoms with Crippen molar-refractivity contribution in [1.29, 1.82) is 0 Å². The van der Waals surface area contributed by atoms with Crippen molar-refractivity contribution in [3.05, 3.63) is 53.5 Å². The Bertz CT molecular complexity index is 956. The van der Waals surface area contributed by atoms with E-state index in [2.05, 4.69) is 5.32 Å². The zero-order valence-corrected chi connectivity index (χ0v) is 16.1. The summed E-state index contributed by atoms with van der Waals surface area (Å²) in [6.45, 7) is 5.03. The average Bonchev–Trinajstić information content (AvgIpc) is 3.08. The molecule has 7 nitrogen and oxygen atoms in total. The van der Waals surface area contributed by atoms with Crippen LogP contribution in [0.5, 0.6) is 0 Å². The number of sulfonamides is 1. The SMILES string of the molecule is Cc1ccc(/C=C/C(=O)Nc2cc(S(=O)(=O)N3CCOCC3)ccc2C)o1. The van der Waals surface area contributed by atoms with Gasteiger partial charge in [-0.1, -0.05) is 6.07 Å². The molecule has 0 bridgehead atoms. The zero-order valence-electron chi connectivity index (χ0n) is 15.3. The molecule has 2 aromatic rings. The predicted molar refractivity (Wildman–Crippen MR) is 102 cm³/mol. The third-order valence-corrected chi connectivity index (χ3v) is 6.13. The molecule has 0 saturated carbocycles. The summed E-state index contributed by atoms with van der Waals surface area (Å²) < 4.78 is 37.5. The highest BCUT2D eigenvalue weighted by atomic mass is 32.2. The van der Waals surface area contributed by atoms with Gasteiger partial charge in [-0.3, -0.25) is 4.79 Å². The number of nitrogens with zero attached hydrogens (tertiary/aromatic N) is 1. The Labute approximate surface area is 158 Å². The molecule has 0 atom stereocenters. The molecule has 1 aromatic carbocycles. The van der Waals surface area contributed by atoms with Crippen LogP contribution in [0.15, 0.2) is 45.7 Å². The molecule has 1 N–H and O–H groups in total. The molecule has 0 aliphatic carbocycles. The predicted octanol–water partition coefficient (Wildman–Crippen LogP) is 2.57. The highest BCUT2D eigenvalue weighted by Crippen LogP contribution is 2.23. The van der Waals surface area contributed by atoms with Gasteiger partial charge in [-0.2, -0.15) is 4.31 Å². The quantitative estimate of drug-likeness (QED) is 0.793. The Hall–Kier alpha value is -2.42. The molecular weight excluding hydrogens is 368 g/mol. The Morgan fingerprint density at radius 3 is 2.56 bits per heavy atom. The highest BCUT2D eigenvalue weighted by molar-refractivity contribution is 7.89. The summed E-state index contributed by atoms with van der Waals surface area (Å²) in [6.07, 6.45) is 2.91. The van der Waals surface area contributed by atoms with Crippen molar-refractivity contribution in [2.24, 2.45) is 0 Å². The molecular formula is C19H22N2O5S. The van der Waals surface area contributed by atoms with Crippen LogP contribution >= 0.6 is 0 Å². The van der Waals surface area contributed by atoms with Gasteiger partial charge in [0.25, 0.3) is 0 Å². The normalized spacial score (nSPS) is 15.9. The molecule has 27 heavy (non-hydrogen) atoms. The number of hydrogen-bond donors (Lipinski definition) is 1. The lowest BCUT2D eigenvalue weighted by molar-refractivity contribution is -0.111. The van der Waals surface area contributed by atoms with Gasteiger partial charge >= 0.3 is 0 Å². The number of anilines is 1. The molecule has 1 aliphatic heterocycles. The summed E-state index contributed by atoms with van der Waals surface area (Å²) in [4.78, 5) is 12.3. The van der Waals surface area contributed by atoms with Crippen LogP contribution in [-0.2, 0) is 19.6 Å². The summed E-state index contributed by atoms with van der Waals surface area (Å²) in [5, 5.41) is 2.73. The molecule has 144 valence electrons. The first-order chi connectivity index (χ1) is 12.9. The fourth-order valence-corrected chi connectivity index (χ4v) is 4.14. The van der Waals surface area contributed by atoms with E-state index in [1.54, 1.807) is 31.2 Å². The summed E-state index contributed by atoms with van der Waals surface area (Å²) >= 11 is 0. The third-order valence-electron chi connectivity index (χ3n) is 4.23. The molecule has 8 heteroatoms. The first-order valence-electron chi connectivity index (χ1n) is 8.60. The largest absolute Gasteiger partial charge is 0.462 e. The number of morpholine rings is 1. The van der Waals surface area contributed by atoms with Gasteiger partial charge in [-0.05, 0) is 49.8 Å². The van der Waals surface area contributed by atoms with E-state index in [9.17, 15) is 13.2 Å². The molecule has 0 radical (unpaired) electrons. The van der Waals surface area contributed by atoms with Crippen LogP contribution in [0.3, 0.4) is 0 Å². The van der Waals surface area contributed by atoms with Crippen molar-refractivity contribution < 1.29 is 22.4 Å². The van der Waals surface area contributed by atoms with E-state index in [-0.39, 0.29) is 10.8 Å². The molecule has 0 unspecified atom stereocenters. The Balaban J connectivity index is 1.76. The number of aryl methyl sites for hydroxylation is 2. The molecule has 1 saturated heterocycles. The number of ether oxygens (including phenoxy) is 1. The van der Waals surface area contributed by atoms with Crippen molar-refractivity contribution in [2.45, 2.75) is 18.7 Å². The molecule has 3 rings (SSSR count). The lowest BCUT2D eigenvalue weighted by atomic mass is 10.2. The van der Waals surface area contributed by atoms with Gasteiger partial charge in [0, 0.05) is 24.9 Å². The van der Waals surface area contributed by atoms with Gasteiger partial charge in [0.2, 0.25) is 15.9 Å². The van der Waals surface area contributed by atoms with Crippen LogP contribution in [0.4, 0.5) is 5.69 Å². The molecule has 2 heterocycles. The Morgan fingerprint density at radius 1 is 1.15 bits per heavy atom. The lowest BCUT2D eigenvalue weighted by Gasteiger charge is -2.26. The number of carbonyl (C=O) groups is 1. The van der Waals surface area contributed by atoms with Crippen LogP contribution in [0.1, 0.15) is 17.1 Å². The van der Waals surface area contributed by atoms with Gasteiger partial charge in [0.1, 0.15) is 11.5 Å². The lowest BCUT2D eigenvalue weighted by Crippen LogP contribution is -2.40. The van der Waals surface area contributed by atoms with E-state index >= 15 is 0 Å². The monoisotopic (exact) mass is 390 g/mol. The van der Waals surface area contributed by atoms with Gasteiger partial charge in [-0.15, -0.1) is 0 Å². The van der Waals surface area contributed by atoms with Crippen molar-refractivity contribution in [3.63, 3.8) is 0 Å². The fourth-order valence-electron chi connectivity index (χ4n) is 2.71. The molecule has 0 spiro atoms. The van der Waals surface area contributed by atoms with Crippen molar-refractivity contribution >= 4 is 27.7 Å². The van der Waals surface area contributed by atoms with E-state index in [0.29, 0.717) is 37.8 Å². The van der Waals surface area contributed by atoms with Crippen molar-refractivity contribution in [1.82, 2.24) is 4.31 Å². The Kier molecular flexibility index (Phi) is 5.79. The summed E-state index contributed by atoms with van der Waals surface area (Å²) in [6, 6.07) is 8.30. The van der Waals surface area contributed by atoms with Crippen LogP contribution in [0.25, 0.3) is 6.08 Å². The average molecular weight is 390 g/mol. The number of rotatable bonds is 5. The van der Waals surface area contributed by atoms with Gasteiger partial charge < -0.3 is 14.5 Å². The van der Waals surface area contributed by atoms with Crippen LogP contribution in [-0.4, -0.2) is 44.9 Å².